The highest BCUT2D eigenvalue weighted by atomic mass is 16.6. The summed E-state index contributed by atoms with van der Waals surface area (Å²) in [7, 11) is 0. The molecule has 3 N–H and O–H groups in total. The second kappa shape index (κ2) is 21.9. The van der Waals surface area contributed by atoms with Crippen LogP contribution in [0, 0.1) is 37.8 Å². The number of carbonyl (C=O) groups excluding carboxylic acids is 2. The summed E-state index contributed by atoms with van der Waals surface area (Å²) < 4.78 is 15.2. The molecule has 8 rings (SSSR count). The van der Waals surface area contributed by atoms with Gasteiger partial charge in [-0.15, -0.1) is 0 Å². The van der Waals surface area contributed by atoms with Crippen molar-refractivity contribution in [1.82, 2.24) is 39.2 Å². The Balaban J connectivity index is 0.000000207. The monoisotopic (exact) mass is 925 g/mol. The van der Waals surface area contributed by atoms with E-state index in [2.05, 4.69) is 48.3 Å². The Morgan fingerprint density at radius 1 is 0.779 bits per heavy atom. The fourth-order valence-electron chi connectivity index (χ4n) is 8.57. The maximum atomic E-state index is 13.5. The first-order chi connectivity index (χ1) is 32.4. The maximum Gasteiger partial charge on any atom is 0.407 e. The van der Waals surface area contributed by atoms with E-state index >= 15 is 0 Å². The smallest absolute Gasteiger partial charge is 0.407 e. The predicted molar refractivity (Wildman–Crippen MR) is 262 cm³/mol. The Kier molecular flexibility index (Phi) is 15.8. The number of non-ortho nitro benzene ring substituents is 1. The number of ketones is 1. The van der Waals surface area contributed by atoms with Crippen molar-refractivity contribution in [2.75, 3.05) is 26.2 Å². The molecule has 0 radical (unpaired) electrons. The molecule has 3 aromatic heterocycles. The van der Waals surface area contributed by atoms with Crippen molar-refractivity contribution in [3.8, 4) is 22.9 Å². The van der Waals surface area contributed by atoms with E-state index in [-0.39, 0.29) is 28.5 Å². The number of alkyl carbamates (subject to hydrolysis) is 1. The Hall–Kier alpha value is -6.75. The lowest BCUT2D eigenvalue weighted by Gasteiger charge is -2.33. The zero-order valence-electron chi connectivity index (χ0n) is 40.3. The van der Waals surface area contributed by atoms with Gasteiger partial charge in [0, 0.05) is 86.2 Å². The number of nitro groups is 1. The lowest BCUT2D eigenvalue weighted by molar-refractivity contribution is -0.384. The number of piperidine rings is 2. The molecule has 68 heavy (non-hydrogen) atoms. The summed E-state index contributed by atoms with van der Waals surface area (Å²) in [4.78, 5) is 54.1. The molecule has 2 fully saturated rings. The van der Waals surface area contributed by atoms with Gasteiger partial charge in [-0.3, -0.25) is 29.7 Å². The number of likely N-dealkylation sites (tertiary alicyclic amines) is 2. The molecule has 0 spiro atoms. The van der Waals surface area contributed by atoms with Gasteiger partial charge in [-0.05, 0) is 146 Å². The molecule has 5 heterocycles. The van der Waals surface area contributed by atoms with Crippen LogP contribution in [-0.4, -0.2) is 94.5 Å². The minimum Gasteiger partial charge on any atom is -0.455 e. The number of nitro benzene ring substituents is 1. The second-order valence-electron chi connectivity index (χ2n) is 19.1. The van der Waals surface area contributed by atoms with Crippen LogP contribution < -0.4 is 15.8 Å². The van der Waals surface area contributed by atoms with Gasteiger partial charge >= 0.3 is 6.09 Å². The minimum atomic E-state index is -0.538. The van der Waals surface area contributed by atoms with E-state index in [4.69, 9.17) is 15.2 Å². The molecule has 16 nitrogen and oxygen atoms in total. The minimum absolute atomic E-state index is 0.0110. The predicted octanol–water partition coefficient (Wildman–Crippen LogP) is 8.91. The lowest BCUT2D eigenvalue weighted by atomic mass is 9.98. The SMILES string of the molecule is Cc1ccc(Oc2cc(C(=O)Cc3cc(CN4CCC[C@H](N)C4)cc(-n4cnc(C)c4)c3)ccc2C)cn1.Cc1cn(-c2cc(CN3CCC[C@H](NC(=O)OC(C)(C)C)C3)cc([N+](=O)[O-])c2)cn1. The number of amides is 1. The second-order valence-corrected chi connectivity index (χ2v) is 19.1. The molecule has 16 heteroatoms. The Labute approximate surface area is 398 Å². The van der Waals surface area contributed by atoms with Crippen molar-refractivity contribution in [3.05, 3.63) is 153 Å². The first-order valence-electron chi connectivity index (χ1n) is 23.3. The van der Waals surface area contributed by atoms with Crippen LogP contribution in [0.1, 0.15) is 96.1 Å². The summed E-state index contributed by atoms with van der Waals surface area (Å²) in [6.45, 7) is 18.1. The standard InChI is InChI=1S/C31H35N5O2.C21H29N5O4/c1-21-6-8-26(15-31(21)38-29-9-7-22(2)33-16-29)30(37)14-24-11-25(18-35-10-4-5-27(32)19-35)13-28(12-24)36-17-23(3)34-20-36;1-15-11-25(14-22-15)18-8-16(9-19(10-18)26(28)29)12-24-7-5-6-17(13-24)23-20(27)30-21(2,3)4/h6-9,11-13,15-17,20,27H,4-5,10,14,18-19,32H2,1-3H3;8-11,14,17H,5-7,12-13H2,1-4H3,(H,23,27)/t27-;17-/m00/s1. The maximum absolute atomic E-state index is 13.5. The largest absolute Gasteiger partial charge is 0.455 e. The third-order valence-corrected chi connectivity index (χ3v) is 11.8. The van der Waals surface area contributed by atoms with Gasteiger partial charge in [-0.1, -0.05) is 18.2 Å². The lowest BCUT2D eigenvalue weighted by Crippen LogP contribution is -2.48. The molecule has 2 aliphatic heterocycles. The highest BCUT2D eigenvalue weighted by molar-refractivity contribution is 5.98. The van der Waals surface area contributed by atoms with E-state index in [0.717, 1.165) is 91.3 Å². The van der Waals surface area contributed by atoms with Crippen LogP contribution in [0.4, 0.5) is 10.5 Å². The van der Waals surface area contributed by atoms with Crippen LogP contribution in [0.25, 0.3) is 11.4 Å². The number of imidazole rings is 2. The first kappa shape index (κ1) is 49.2. The van der Waals surface area contributed by atoms with Crippen molar-refractivity contribution in [2.45, 2.75) is 111 Å². The third-order valence-electron chi connectivity index (χ3n) is 11.8. The number of nitrogens with zero attached hydrogens (tertiary/aromatic N) is 8. The molecule has 0 bridgehead atoms. The van der Waals surface area contributed by atoms with Crippen molar-refractivity contribution >= 4 is 17.6 Å². The van der Waals surface area contributed by atoms with Gasteiger partial charge in [0.15, 0.2) is 5.78 Å². The highest BCUT2D eigenvalue weighted by Crippen LogP contribution is 2.28. The van der Waals surface area contributed by atoms with Crippen LogP contribution in [-0.2, 0) is 24.2 Å². The Morgan fingerprint density at radius 3 is 2.01 bits per heavy atom. The van der Waals surface area contributed by atoms with E-state index in [1.165, 1.54) is 5.56 Å². The molecule has 2 aliphatic rings. The van der Waals surface area contributed by atoms with Gasteiger partial charge in [0.25, 0.3) is 5.69 Å². The van der Waals surface area contributed by atoms with Gasteiger partial charge in [0.1, 0.15) is 17.1 Å². The number of ether oxygens (including phenoxy) is 2. The van der Waals surface area contributed by atoms with Gasteiger partial charge in [-0.2, -0.15) is 0 Å². The van der Waals surface area contributed by atoms with E-state index < -0.39 is 11.7 Å². The number of nitrogens with two attached hydrogens (primary N) is 1. The number of hydrogen-bond acceptors (Lipinski definition) is 12. The average Bonchev–Trinajstić information content (AvgIpc) is 3.92. The summed E-state index contributed by atoms with van der Waals surface area (Å²) >= 11 is 0. The van der Waals surface area contributed by atoms with Crippen LogP contribution in [0.2, 0.25) is 0 Å². The van der Waals surface area contributed by atoms with Crippen molar-refractivity contribution in [3.63, 3.8) is 0 Å². The topological polar surface area (TPSA) is 189 Å². The summed E-state index contributed by atoms with van der Waals surface area (Å²) in [5.74, 6) is 1.35. The molecular formula is C52H64N10O6. The van der Waals surface area contributed by atoms with Crippen LogP contribution in [0.3, 0.4) is 0 Å². The average molecular weight is 925 g/mol. The molecule has 2 atom stereocenters. The number of rotatable bonds is 13. The highest BCUT2D eigenvalue weighted by Gasteiger charge is 2.25. The molecule has 3 aromatic carbocycles. The van der Waals surface area contributed by atoms with E-state index in [0.29, 0.717) is 42.3 Å². The molecule has 0 aliphatic carbocycles. The number of nitrogens with one attached hydrogen (secondary N) is 1. The summed E-state index contributed by atoms with van der Waals surface area (Å²) in [6, 6.07) is 21.1. The summed E-state index contributed by atoms with van der Waals surface area (Å²) in [5.41, 5.74) is 14.8. The molecule has 0 unspecified atom stereocenters. The summed E-state index contributed by atoms with van der Waals surface area (Å²) in [6.07, 6.45) is 12.9. The van der Waals surface area contributed by atoms with Gasteiger partial charge in [0.05, 0.1) is 40.9 Å². The zero-order chi connectivity index (χ0) is 48.5. The van der Waals surface area contributed by atoms with Crippen molar-refractivity contribution in [1.29, 1.82) is 0 Å². The first-order valence-corrected chi connectivity index (χ1v) is 23.3. The number of hydrogen-bond donors (Lipinski definition) is 2. The van der Waals surface area contributed by atoms with E-state index in [9.17, 15) is 19.7 Å². The molecular weight excluding hydrogens is 861 g/mol. The van der Waals surface area contributed by atoms with Gasteiger partial charge < -0.3 is 29.7 Å². The molecule has 2 saturated heterocycles. The quantitative estimate of drug-likeness (QED) is 0.0637. The number of carbonyl (C=O) groups is 2. The van der Waals surface area contributed by atoms with Crippen LogP contribution in [0.15, 0.2) is 98.0 Å². The number of pyridine rings is 1. The number of aromatic nitrogens is 5. The number of aryl methyl sites for hydroxylation is 4. The Bertz CT molecular complexity index is 2710. The molecule has 0 saturated carbocycles. The normalized spacial score (nSPS) is 16.6. The molecule has 1 amide bonds. The summed E-state index contributed by atoms with van der Waals surface area (Å²) in [5, 5.41) is 14.4. The van der Waals surface area contributed by atoms with Gasteiger partial charge in [0.2, 0.25) is 0 Å². The molecule has 358 valence electrons. The van der Waals surface area contributed by atoms with Gasteiger partial charge in [-0.25, -0.2) is 14.8 Å². The van der Waals surface area contributed by atoms with Crippen molar-refractivity contribution < 1.29 is 24.0 Å². The van der Waals surface area contributed by atoms with E-state index in [1.54, 1.807) is 29.2 Å². The number of benzene rings is 3. The van der Waals surface area contributed by atoms with Crippen molar-refractivity contribution in [2.24, 2.45) is 5.73 Å². The van der Waals surface area contributed by atoms with Crippen LogP contribution >= 0.6 is 0 Å². The number of Topliss-reactive ketones (excluding diaryl/α,β-unsaturated/α-hetero) is 1. The van der Waals surface area contributed by atoms with Crippen LogP contribution in [0.5, 0.6) is 11.5 Å². The zero-order valence-corrected chi connectivity index (χ0v) is 40.3. The fourth-order valence-corrected chi connectivity index (χ4v) is 8.57. The van der Waals surface area contributed by atoms with E-state index in [1.807, 2.05) is 108 Å². The third kappa shape index (κ3) is 14.1. The Morgan fingerprint density at radius 2 is 1.41 bits per heavy atom. The molecule has 6 aromatic rings. The fraction of sp³-hybridized carbons (Fsp3) is 0.404.